The Morgan fingerprint density at radius 3 is 2.56 bits per heavy atom. The number of H-pyrrole nitrogens is 1. The zero-order chi connectivity index (χ0) is 18.0. The van der Waals surface area contributed by atoms with E-state index in [-0.39, 0.29) is 11.3 Å². The molecule has 0 aliphatic rings. The van der Waals surface area contributed by atoms with E-state index in [0.29, 0.717) is 17.8 Å². The van der Waals surface area contributed by atoms with E-state index in [1.54, 1.807) is 12.1 Å². The van der Waals surface area contributed by atoms with Gasteiger partial charge in [0.05, 0.1) is 17.4 Å². The summed E-state index contributed by atoms with van der Waals surface area (Å²) < 4.78 is 40.7. The summed E-state index contributed by atoms with van der Waals surface area (Å²) in [7, 11) is 0. The van der Waals surface area contributed by atoms with Gasteiger partial charge in [0.15, 0.2) is 11.6 Å². The fourth-order valence-electron chi connectivity index (χ4n) is 2.17. The molecular weight excluding hydrogens is 335 g/mol. The molecule has 2 heterocycles. The highest BCUT2D eigenvalue weighted by molar-refractivity contribution is 6.11. The maximum Gasteiger partial charge on any atom is 0.272 e. The van der Waals surface area contributed by atoms with Crippen molar-refractivity contribution in [1.82, 2.24) is 9.97 Å². The van der Waals surface area contributed by atoms with Crippen LogP contribution in [0.2, 0.25) is 0 Å². The molecule has 2 N–H and O–H groups in total. The first-order chi connectivity index (χ1) is 12.0. The van der Waals surface area contributed by atoms with Gasteiger partial charge < -0.3 is 10.3 Å². The van der Waals surface area contributed by atoms with E-state index >= 15 is 0 Å². The van der Waals surface area contributed by atoms with Crippen LogP contribution in [0.15, 0.2) is 48.9 Å². The van der Waals surface area contributed by atoms with Gasteiger partial charge in [-0.25, -0.2) is 13.2 Å². The topological polar surface area (TPSA) is 74.8 Å². The molecule has 5 nitrogen and oxygen atoms in total. The Labute approximate surface area is 139 Å². The second-order valence-corrected chi connectivity index (χ2v) is 5.05. The van der Waals surface area contributed by atoms with Crippen molar-refractivity contribution in [3.8, 4) is 0 Å². The van der Waals surface area contributed by atoms with Gasteiger partial charge in [-0.3, -0.25) is 14.6 Å². The summed E-state index contributed by atoms with van der Waals surface area (Å²) in [5.74, 6) is -5.76. The number of nitrogens with one attached hydrogen (secondary N) is 2. The van der Waals surface area contributed by atoms with Crippen molar-refractivity contribution in [2.24, 2.45) is 0 Å². The van der Waals surface area contributed by atoms with Crippen LogP contribution in [0.4, 0.5) is 18.9 Å². The Hall–Kier alpha value is -3.42. The highest BCUT2D eigenvalue weighted by atomic mass is 19.2. The van der Waals surface area contributed by atoms with E-state index in [1.807, 2.05) is 0 Å². The van der Waals surface area contributed by atoms with Crippen LogP contribution in [0.1, 0.15) is 26.4 Å². The van der Waals surface area contributed by atoms with Gasteiger partial charge in [-0.15, -0.1) is 0 Å². The average molecular weight is 345 g/mol. The first kappa shape index (κ1) is 16.4. The Bertz CT molecular complexity index is 955. The first-order valence-corrected chi connectivity index (χ1v) is 7.05. The summed E-state index contributed by atoms with van der Waals surface area (Å²) in [6.07, 6.45) is 4.07. The number of amides is 1. The van der Waals surface area contributed by atoms with Gasteiger partial charge >= 0.3 is 0 Å². The number of ketones is 1. The van der Waals surface area contributed by atoms with Crippen molar-refractivity contribution in [1.29, 1.82) is 0 Å². The van der Waals surface area contributed by atoms with Crippen LogP contribution < -0.4 is 5.32 Å². The van der Waals surface area contributed by atoms with Gasteiger partial charge in [0, 0.05) is 18.0 Å². The summed E-state index contributed by atoms with van der Waals surface area (Å²) >= 11 is 0. The molecule has 25 heavy (non-hydrogen) atoms. The van der Waals surface area contributed by atoms with Crippen molar-refractivity contribution >= 4 is 17.4 Å². The average Bonchev–Trinajstić information content (AvgIpc) is 3.09. The maximum absolute atomic E-state index is 13.7. The molecule has 0 atom stereocenters. The molecule has 8 heteroatoms. The number of hydrogen-bond acceptors (Lipinski definition) is 3. The van der Waals surface area contributed by atoms with E-state index in [9.17, 15) is 22.8 Å². The molecule has 1 amide bonds. The van der Waals surface area contributed by atoms with E-state index in [2.05, 4.69) is 15.3 Å². The van der Waals surface area contributed by atoms with Crippen LogP contribution in [-0.2, 0) is 0 Å². The number of benzene rings is 1. The molecular formula is C17H10F3N3O2. The molecule has 0 fully saturated rings. The highest BCUT2D eigenvalue weighted by Crippen LogP contribution is 2.20. The predicted octanol–water partition coefficient (Wildman–Crippen LogP) is 3.31. The molecule has 0 spiro atoms. The third-order valence-corrected chi connectivity index (χ3v) is 3.38. The second-order valence-electron chi connectivity index (χ2n) is 5.05. The molecule has 0 saturated carbocycles. The minimum absolute atomic E-state index is 0.00979. The van der Waals surface area contributed by atoms with Gasteiger partial charge in [-0.05, 0) is 30.3 Å². The lowest BCUT2D eigenvalue weighted by atomic mass is 10.0. The molecule has 0 saturated heterocycles. The monoisotopic (exact) mass is 345 g/mol. The number of halogens is 3. The molecule has 2 aromatic heterocycles. The van der Waals surface area contributed by atoms with Crippen LogP contribution >= 0.6 is 0 Å². The molecule has 3 rings (SSSR count). The Balaban J connectivity index is 1.85. The molecule has 0 aliphatic carbocycles. The summed E-state index contributed by atoms with van der Waals surface area (Å²) in [4.78, 5) is 30.7. The van der Waals surface area contributed by atoms with E-state index in [4.69, 9.17) is 0 Å². The lowest BCUT2D eigenvalue weighted by Crippen LogP contribution is -2.12. The molecule has 3 aromatic rings. The lowest BCUT2D eigenvalue weighted by Gasteiger charge is -2.03. The Kier molecular flexibility index (Phi) is 4.34. The number of aromatic amines is 1. The number of carbonyl (C=O) groups excluding carboxylic acids is 2. The lowest BCUT2D eigenvalue weighted by molar-refractivity contribution is 0.102. The van der Waals surface area contributed by atoms with Gasteiger partial charge in [0.25, 0.3) is 5.91 Å². The zero-order valence-electron chi connectivity index (χ0n) is 12.5. The minimum atomic E-state index is -1.58. The minimum Gasteiger partial charge on any atom is -0.356 e. The summed E-state index contributed by atoms with van der Waals surface area (Å²) in [5.41, 5.74) is -0.778. The summed E-state index contributed by atoms with van der Waals surface area (Å²) in [5, 5.41) is 2.53. The fourth-order valence-corrected chi connectivity index (χ4v) is 2.17. The van der Waals surface area contributed by atoms with Gasteiger partial charge in [-0.2, -0.15) is 0 Å². The number of anilines is 1. The molecule has 0 aliphatic heterocycles. The number of hydrogen-bond donors (Lipinski definition) is 2. The third-order valence-electron chi connectivity index (χ3n) is 3.38. The normalized spacial score (nSPS) is 10.5. The smallest absolute Gasteiger partial charge is 0.272 e. The SMILES string of the molecule is O=C(Nc1cccnc1)c1cc(C(=O)c2c(F)ccc(F)c2F)c[nH]1. The maximum atomic E-state index is 13.7. The van der Waals surface area contributed by atoms with Crippen LogP contribution in [0, 0.1) is 17.5 Å². The van der Waals surface area contributed by atoms with Crippen LogP contribution in [0.25, 0.3) is 0 Å². The zero-order valence-corrected chi connectivity index (χ0v) is 12.5. The Morgan fingerprint density at radius 1 is 1.08 bits per heavy atom. The largest absolute Gasteiger partial charge is 0.356 e. The number of aromatic nitrogens is 2. The quantitative estimate of drug-likeness (QED) is 0.563. The predicted molar refractivity (Wildman–Crippen MR) is 82.7 cm³/mol. The van der Waals surface area contributed by atoms with Crippen LogP contribution in [-0.4, -0.2) is 21.7 Å². The van der Waals surface area contributed by atoms with Crippen molar-refractivity contribution in [3.63, 3.8) is 0 Å². The summed E-state index contributed by atoms with van der Waals surface area (Å²) in [6, 6.07) is 5.60. The van der Waals surface area contributed by atoms with E-state index < -0.39 is 34.7 Å². The molecule has 0 bridgehead atoms. The number of nitrogens with zero attached hydrogens (tertiary/aromatic N) is 1. The molecule has 0 unspecified atom stereocenters. The molecule has 0 radical (unpaired) electrons. The van der Waals surface area contributed by atoms with Gasteiger partial charge in [0.2, 0.25) is 5.78 Å². The Morgan fingerprint density at radius 2 is 1.84 bits per heavy atom. The standard InChI is InChI=1S/C17H10F3N3O2/c18-11-3-4-12(19)15(20)14(11)16(24)9-6-13(22-7-9)17(25)23-10-2-1-5-21-8-10/h1-8,22H,(H,23,25). The first-order valence-electron chi connectivity index (χ1n) is 7.05. The molecule has 126 valence electrons. The van der Waals surface area contributed by atoms with Gasteiger partial charge in [0.1, 0.15) is 11.5 Å². The fraction of sp³-hybridized carbons (Fsp3) is 0. The number of rotatable bonds is 4. The second kappa shape index (κ2) is 6.60. The van der Waals surface area contributed by atoms with Crippen LogP contribution in [0.5, 0.6) is 0 Å². The van der Waals surface area contributed by atoms with Crippen LogP contribution in [0.3, 0.4) is 0 Å². The van der Waals surface area contributed by atoms with Crippen molar-refractivity contribution in [3.05, 3.63) is 83.2 Å². The van der Waals surface area contributed by atoms with Crippen molar-refractivity contribution < 1.29 is 22.8 Å². The number of carbonyl (C=O) groups is 2. The summed E-state index contributed by atoms with van der Waals surface area (Å²) in [6.45, 7) is 0. The van der Waals surface area contributed by atoms with Crippen molar-refractivity contribution in [2.45, 2.75) is 0 Å². The van der Waals surface area contributed by atoms with Gasteiger partial charge in [-0.1, -0.05) is 0 Å². The third kappa shape index (κ3) is 3.27. The van der Waals surface area contributed by atoms with Crippen molar-refractivity contribution in [2.75, 3.05) is 5.32 Å². The number of pyridine rings is 1. The van der Waals surface area contributed by atoms with E-state index in [0.717, 1.165) is 12.3 Å². The van der Waals surface area contributed by atoms with E-state index in [1.165, 1.54) is 12.4 Å². The highest BCUT2D eigenvalue weighted by Gasteiger charge is 2.23. The molecule has 1 aromatic carbocycles.